The first kappa shape index (κ1) is 16.3. The Morgan fingerprint density at radius 3 is 2.76 bits per heavy atom. The van der Waals surface area contributed by atoms with Gasteiger partial charge in [-0.25, -0.2) is 0 Å². The molecule has 1 heterocycles. The molecule has 0 aromatic heterocycles. The predicted octanol–water partition coefficient (Wildman–Crippen LogP) is 3.33. The molecule has 0 radical (unpaired) electrons. The lowest BCUT2D eigenvalue weighted by Gasteiger charge is -2.35. The molecule has 0 bridgehead atoms. The van der Waals surface area contributed by atoms with Gasteiger partial charge in [0.05, 0.1) is 12.7 Å². The lowest BCUT2D eigenvalue weighted by molar-refractivity contribution is -0.0290. The fourth-order valence-electron chi connectivity index (χ4n) is 3.08. The van der Waals surface area contributed by atoms with E-state index in [9.17, 15) is 0 Å². The van der Waals surface area contributed by atoms with Crippen molar-refractivity contribution in [2.45, 2.75) is 59.1 Å². The van der Waals surface area contributed by atoms with E-state index in [0.717, 1.165) is 31.6 Å². The Bertz CT molecular complexity index is 465. The Morgan fingerprint density at radius 2 is 2.10 bits per heavy atom. The van der Waals surface area contributed by atoms with Gasteiger partial charge in [0.25, 0.3) is 0 Å². The quantitative estimate of drug-likeness (QED) is 0.874. The van der Waals surface area contributed by atoms with Gasteiger partial charge in [-0.15, -0.1) is 0 Å². The van der Waals surface area contributed by atoms with Gasteiger partial charge in [0.2, 0.25) is 0 Å². The van der Waals surface area contributed by atoms with Crippen LogP contribution in [0.2, 0.25) is 0 Å². The Hall–Kier alpha value is -1.06. The van der Waals surface area contributed by atoms with E-state index >= 15 is 0 Å². The fraction of sp³-hybridized carbons (Fsp3) is 0.667. The standard InChI is InChI=1S/C18H29NO2/c1-5-20-17(18(2,3)4)15(19)8-6-13-7-9-16-14(12-13)10-11-21-16/h7,9,12,15,17H,5-6,8,10-11,19H2,1-4H3. The third kappa shape index (κ3) is 4.21. The van der Waals surface area contributed by atoms with Gasteiger partial charge >= 0.3 is 0 Å². The SMILES string of the molecule is CCOC(C(N)CCc1ccc2c(c1)CCO2)C(C)(C)C. The van der Waals surface area contributed by atoms with E-state index in [1.807, 2.05) is 6.92 Å². The average Bonchev–Trinajstić information content (AvgIpc) is 2.88. The summed E-state index contributed by atoms with van der Waals surface area (Å²) in [4.78, 5) is 0. The van der Waals surface area contributed by atoms with Crippen molar-refractivity contribution >= 4 is 0 Å². The minimum Gasteiger partial charge on any atom is -0.493 e. The van der Waals surface area contributed by atoms with E-state index < -0.39 is 0 Å². The van der Waals surface area contributed by atoms with Gasteiger partial charge in [0.1, 0.15) is 5.75 Å². The Kier molecular flexibility index (Phi) is 5.28. The van der Waals surface area contributed by atoms with Crippen LogP contribution in [-0.4, -0.2) is 25.4 Å². The summed E-state index contributed by atoms with van der Waals surface area (Å²) in [6, 6.07) is 6.58. The second-order valence-corrected chi connectivity index (χ2v) is 6.99. The molecule has 3 nitrogen and oxygen atoms in total. The average molecular weight is 291 g/mol. The van der Waals surface area contributed by atoms with Gasteiger partial charge in [0.15, 0.2) is 0 Å². The molecule has 118 valence electrons. The van der Waals surface area contributed by atoms with Gasteiger partial charge in [0, 0.05) is 19.1 Å². The summed E-state index contributed by atoms with van der Waals surface area (Å²) < 4.78 is 11.4. The van der Waals surface area contributed by atoms with Gasteiger partial charge in [-0.2, -0.15) is 0 Å². The van der Waals surface area contributed by atoms with Crippen molar-refractivity contribution in [3.63, 3.8) is 0 Å². The lowest BCUT2D eigenvalue weighted by atomic mass is 9.83. The number of fused-ring (bicyclic) bond motifs is 1. The summed E-state index contributed by atoms with van der Waals surface area (Å²) in [6.07, 6.45) is 3.06. The summed E-state index contributed by atoms with van der Waals surface area (Å²) >= 11 is 0. The maximum absolute atomic E-state index is 6.40. The topological polar surface area (TPSA) is 44.5 Å². The van der Waals surface area contributed by atoms with Gasteiger partial charge < -0.3 is 15.2 Å². The van der Waals surface area contributed by atoms with E-state index in [-0.39, 0.29) is 17.6 Å². The van der Waals surface area contributed by atoms with Crippen molar-refractivity contribution in [1.82, 2.24) is 0 Å². The van der Waals surface area contributed by atoms with Crippen LogP contribution in [-0.2, 0) is 17.6 Å². The van der Waals surface area contributed by atoms with E-state index in [4.69, 9.17) is 15.2 Å². The third-order valence-corrected chi connectivity index (χ3v) is 4.11. The lowest BCUT2D eigenvalue weighted by Crippen LogP contribution is -2.45. The summed E-state index contributed by atoms with van der Waals surface area (Å²) in [5.41, 5.74) is 9.15. The number of ether oxygens (including phenoxy) is 2. The van der Waals surface area contributed by atoms with E-state index in [0.29, 0.717) is 6.61 Å². The predicted molar refractivity (Wildman–Crippen MR) is 86.8 cm³/mol. The van der Waals surface area contributed by atoms with Gasteiger partial charge in [-0.3, -0.25) is 0 Å². The zero-order chi connectivity index (χ0) is 15.5. The minimum atomic E-state index is 0.0643. The van der Waals surface area contributed by atoms with E-state index in [2.05, 4.69) is 39.0 Å². The highest BCUT2D eigenvalue weighted by Crippen LogP contribution is 2.28. The number of hydrogen-bond acceptors (Lipinski definition) is 3. The Balaban J connectivity index is 1.95. The summed E-state index contributed by atoms with van der Waals surface area (Å²) in [5.74, 6) is 1.05. The van der Waals surface area contributed by atoms with Crippen molar-refractivity contribution < 1.29 is 9.47 Å². The molecule has 0 amide bonds. The molecule has 0 aliphatic carbocycles. The molecule has 0 fully saturated rings. The first-order chi connectivity index (χ1) is 9.91. The van der Waals surface area contributed by atoms with Crippen LogP contribution in [0.3, 0.4) is 0 Å². The molecule has 2 atom stereocenters. The second-order valence-electron chi connectivity index (χ2n) is 6.99. The van der Waals surface area contributed by atoms with Crippen LogP contribution in [0.5, 0.6) is 5.75 Å². The molecule has 3 heteroatoms. The molecule has 2 N–H and O–H groups in total. The van der Waals surface area contributed by atoms with Gasteiger partial charge in [-0.1, -0.05) is 32.9 Å². The molecule has 1 aliphatic rings. The van der Waals surface area contributed by atoms with Crippen molar-refractivity contribution in [2.75, 3.05) is 13.2 Å². The monoisotopic (exact) mass is 291 g/mol. The maximum Gasteiger partial charge on any atom is 0.122 e. The van der Waals surface area contributed by atoms with Crippen molar-refractivity contribution in [1.29, 1.82) is 0 Å². The number of benzene rings is 1. The van der Waals surface area contributed by atoms with Crippen molar-refractivity contribution in [3.8, 4) is 5.75 Å². The van der Waals surface area contributed by atoms with Crippen molar-refractivity contribution in [3.05, 3.63) is 29.3 Å². The van der Waals surface area contributed by atoms with Gasteiger partial charge in [-0.05, 0) is 42.4 Å². The zero-order valence-electron chi connectivity index (χ0n) is 13.8. The molecule has 1 aliphatic heterocycles. The molecule has 2 rings (SSSR count). The van der Waals surface area contributed by atoms with Crippen LogP contribution in [0.25, 0.3) is 0 Å². The third-order valence-electron chi connectivity index (χ3n) is 4.11. The fourth-order valence-corrected chi connectivity index (χ4v) is 3.08. The molecule has 1 aromatic rings. The highest BCUT2D eigenvalue weighted by Gasteiger charge is 2.30. The van der Waals surface area contributed by atoms with Crippen LogP contribution in [0.1, 0.15) is 45.2 Å². The maximum atomic E-state index is 6.40. The smallest absolute Gasteiger partial charge is 0.122 e. The summed E-state index contributed by atoms with van der Waals surface area (Å²) in [5, 5.41) is 0. The molecule has 0 spiro atoms. The molecule has 0 saturated heterocycles. The number of aryl methyl sites for hydroxylation is 1. The summed E-state index contributed by atoms with van der Waals surface area (Å²) in [7, 11) is 0. The molecular formula is C18H29NO2. The normalized spacial score (nSPS) is 17.2. The van der Waals surface area contributed by atoms with E-state index in [1.165, 1.54) is 11.1 Å². The summed E-state index contributed by atoms with van der Waals surface area (Å²) in [6.45, 7) is 10.1. The highest BCUT2D eigenvalue weighted by atomic mass is 16.5. The number of nitrogens with two attached hydrogens (primary N) is 1. The second kappa shape index (κ2) is 6.80. The van der Waals surface area contributed by atoms with Crippen LogP contribution in [0, 0.1) is 5.41 Å². The Labute approximate surface area is 128 Å². The van der Waals surface area contributed by atoms with Crippen LogP contribution in [0.4, 0.5) is 0 Å². The highest BCUT2D eigenvalue weighted by molar-refractivity contribution is 5.39. The minimum absolute atomic E-state index is 0.0643. The Morgan fingerprint density at radius 1 is 1.33 bits per heavy atom. The van der Waals surface area contributed by atoms with Crippen LogP contribution >= 0.6 is 0 Å². The molecular weight excluding hydrogens is 262 g/mol. The molecule has 21 heavy (non-hydrogen) atoms. The first-order valence-electron chi connectivity index (χ1n) is 8.03. The van der Waals surface area contributed by atoms with Crippen LogP contribution < -0.4 is 10.5 Å². The molecule has 0 saturated carbocycles. The molecule has 1 aromatic carbocycles. The first-order valence-corrected chi connectivity index (χ1v) is 8.03. The zero-order valence-corrected chi connectivity index (χ0v) is 13.8. The van der Waals surface area contributed by atoms with Crippen molar-refractivity contribution in [2.24, 2.45) is 11.1 Å². The van der Waals surface area contributed by atoms with E-state index in [1.54, 1.807) is 0 Å². The van der Waals surface area contributed by atoms with Crippen LogP contribution in [0.15, 0.2) is 18.2 Å². The number of hydrogen-bond donors (Lipinski definition) is 1. The number of rotatable bonds is 6. The largest absolute Gasteiger partial charge is 0.493 e. The molecule has 2 unspecified atom stereocenters.